The van der Waals surface area contributed by atoms with Crippen molar-refractivity contribution in [2.75, 3.05) is 7.11 Å². The second-order valence-corrected chi connectivity index (χ2v) is 5.40. The van der Waals surface area contributed by atoms with Crippen LogP contribution in [0.3, 0.4) is 0 Å². The summed E-state index contributed by atoms with van der Waals surface area (Å²) >= 11 is 1.62. The molecule has 2 heterocycles. The monoisotopic (exact) mass is 272 g/mol. The highest BCUT2D eigenvalue weighted by Gasteiger charge is 2.10. The molecule has 0 spiro atoms. The van der Waals surface area contributed by atoms with Gasteiger partial charge in [-0.25, -0.2) is 0 Å². The van der Waals surface area contributed by atoms with Crippen molar-refractivity contribution in [3.63, 3.8) is 0 Å². The third-order valence-electron chi connectivity index (χ3n) is 3.02. The Morgan fingerprint density at radius 3 is 2.79 bits per heavy atom. The predicted molar refractivity (Wildman–Crippen MR) is 77.1 cm³/mol. The third-order valence-corrected chi connectivity index (χ3v) is 3.88. The Hall–Kier alpha value is -2.07. The largest absolute Gasteiger partial charge is 0.497 e. The van der Waals surface area contributed by atoms with Crippen molar-refractivity contribution >= 4 is 22.3 Å². The minimum absolute atomic E-state index is 0.0123. The van der Waals surface area contributed by atoms with Crippen LogP contribution in [0.2, 0.25) is 0 Å². The lowest BCUT2D eigenvalue weighted by Gasteiger charge is -2.03. The Morgan fingerprint density at radius 1 is 1.26 bits per heavy atom. The summed E-state index contributed by atoms with van der Waals surface area (Å²) in [5, 5.41) is 2.54. The zero-order valence-corrected chi connectivity index (χ0v) is 11.4. The van der Waals surface area contributed by atoms with E-state index in [0.29, 0.717) is 22.3 Å². The quantitative estimate of drug-likeness (QED) is 0.711. The molecule has 0 radical (unpaired) electrons. The first-order valence-corrected chi connectivity index (χ1v) is 6.72. The number of aryl methyl sites for hydroxylation is 1. The molecule has 96 valence electrons. The van der Waals surface area contributed by atoms with Crippen molar-refractivity contribution in [1.82, 2.24) is 0 Å². The molecule has 1 aromatic carbocycles. The normalized spacial score (nSPS) is 10.8. The Bertz CT molecular complexity index is 799. The maximum atomic E-state index is 12.4. The van der Waals surface area contributed by atoms with E-state index in [0.717, 1.165) is 5.56 Å². The van der Waals surface area contributed by atoms with Gasteiger partial charge in [-0.15, -0.1) is 11.3 Å². The highest BCUT2D eigenvalue weighted by atomic mass is 32.1. The van der Waals surface area contributed by atoms with Gasteiger partial charge >= 0.3 is 0 Å². The number of ether oxygens (including phenoxy) is 1. The van der Waals surface area contributed by atoms with Gasteiger partial charge in [-0.2, -0.15) is 0 Å². The molecule has 0 aliphatic heterocycles. The zero-order chi connectivity index (χ0) is 13.4. The van der Waals surface area contributed by atoms with E-state index >= 15 is 0 Å². The zero-order valence-electron chi connectivity index (χ0n) is 10.6. The average molecular weight is 272 g/mol. The molecule has 0 fully saturated rings. The summed E-state index contributed by atoms with van der Waals surface area (Å²) < 4.78 is 10.7. The minimum Gasteiger partial charge on any atom is -0.497 e. The van der Waals surface area contributed by atoms with Crippen LogP contribution in [0, 0.1) is 6.92 Å². The van der Waals surface area contributed by atoms with Gasteiger partial charge in [0.05, 0.1) is 18.1 Å². The van der Waals surface area contributed by atoms with Gasteiger partial charge in [-0.05, 0) is 36.1 Å². The molecular weight excluding hydrogens is 260 g/mol. The lowest BCUT2D eigenvalue weighted by atomic mass is 10.1. The molecule has 3 nitrogen and oxygen atoms in total. The van der Waals surface area contributed by atoms with Gasteiger partial charge in [0.15, 0.2) is 0 Å². The van der Waals surface area contributed by atoms with Crippen molar-refractivity contribution in [2.45, 2.75) is 6.92 Å². The molecule has 0 N–H and O–H groups in total. The van der Waals surface area contributed by atoms with Gasteiger partial charge in [0.2, 0.25) is 5.43 Å². The molecule has 2 aromatic heterocycles. The van der Waals surface area contributed by atoms with Crippen LogP contribution < -0.4 is 10.2 Å². The topological polar surface area (TPSA) is 39.4 Å². The van der Waals surface area contributed by atoms with Gasteiger partial charge in [-0.1, -0.05) is 0 Å². The van der Waals surface area contributed by atoms with Crippen LogP contribution in [0.1, 0.15) is 4.88 Å². The minimum atomic E-state index is -0.0123. The first-order chi connectivity index (χ1) is 9.19. The van der Waals surface area contributed by atoms with Crippen molar-refractivity contribution < 1.29 is 9.15 Å². The Labute approximate surface area is 114 Å². The van der Waals surface area contributed by atoms with Crippen molar-refractivity contribution in [3.05, 3.63) is 51.0 Å². The van der Waals surface area contributed by atoms with E-state index < -0.39 is 0 Å². The van der Waals surface area contributed by atoms with E-state index in [1.807, 2.05) is 18.4 Å². The maximum absolute atomic E-state index is 12.4. The number of thiophene rings is 1. The van der Waals surface area contributed by atoms with Crippen molar-refractivity contribution in [1.29, 1.82) is 0 Å². The van der Waals surface area contributed by atoms with E-state index in [2.05, 4.69) is 0 Å². The molecule has 3 aromatic rings. The summed E-state index contributed by atoms with van der Waals surface area (Å²) in [6, 6.07) is 7.22. The van der Waals surface area contributed by atoms with Crippen LogP contribution in [0.15, 0.2) is 45.1 Å². The summed E-state index contributed by atoms with van der Waals surface area (Å²) in [7, 11) is 1.59. The lowest BCUT2D eigenvalue weighted by molar-refractivity contribution is 0.414. The molecule has 0 bridgehead atoms. The summed E-state index contributed by atoms with van der Waals surface area (Å²) in [6.07, 6.45) is 1.52. The summed E-state index contributed by atoms with van der Waals surface area (Å²) in [6.45, 7) is 2.02. The molecule has 0 saturated carbocycles. The van der Waals surface area contributed by atoms with E-state index in [-0.39, 0.29) is 5.43 Å². The maximum Gasteiger partial charge on any atom is 0.200 e. The molecule has 0 atom stereocenters. The van der Waals surface area contributed by atoms with Gasteiger partial charge in [0.1, 0.15) is 17.6 Å². The van der Waals surface area contributed by atoms with Crippen LogP contribution >= 0.6 is 11.3 Å². The van der Waals surface area contributed by atoms with Gasteiger partial charge in [0.25, 0.3) is 0 Å². The fourth-order valence-corrected chi connectivity index (χ4v) is 2.72. The van der Waals surface area contributed by atoms with Crippen LogP contribution in [-0.4, -0.2) is 7.11 Å². The van der Waals surface area contributed by atoms with Gasteiger partial charge < -0.3 is 9.15 Å². The smallest absolute Gasteiger partial charge is 0.200 e. The van der Waals surface area contributed by atoms with E-state index in [1.165, 1.54) is 11.1 Å². The number of benzene rings is 1. The van der Waals surface area contributed by atoms with Crippen LogP contribution in [0.25, 0.3) is 22.1 Å². The third kappa shape index (κ3) is 2.04. The highest BCUT2D eigenvalue weighted by molar-refractivity contribution is 7.10. The highest BCUT2D eigenvalue weighted by Crippen LogP contribution is 2.25. The fourth-order valence-electron chi connectivity index (χ4n) is 2.02. The number of fused-ring (bicyclic) bond motifs is 1. The van der Waals surface area contributed by atoms with E-state index in [4.69, 9.17) is 9.15 Å². The number of rotatable bonds is 2. The second-order valence-electron chi connectivity index (χ2n) is 4.29. The average Bonchev–Trinajstić information content (AvgIpc) is 2.85. The SMILES string of the molecule is COc1ccc2c(=O)c(-c3csc(C)c3)coc2c1. The molecule has 0 unspecified atom stereocenters. The number of hydrogen-bond acceptors (Lipinski definition) is 4. The number of hydrogen-bond donors (Lipinski definition) is 0. The second kappa shape index (κ2) is 4.55. The first kappa shape index (κ1) is 12.0. The first-order valence-electron chi connectivity index (χ1n) is 5.84. The molecule has 0 aliphatic carbocycles. The lowest BCUT2D eigenvalue weighted by Crippen LogP contribution is -2.04. The Morgan fingerprint density at radius 2 is 2.11 bits per heavy atom. The fraction of sp³-hybridized carbons (Fsp3) is 0.133. The van der Waals surface area contributed by atoms with E-state index in [1.54, 1.807) is 36.6 Å². The Kier molecular flexibility index (Phi) is 2.87. The summed E-state index contributed by atoms with van der Waals surface area (Å²) in [5.41, 5.74) is 2.04. The molecule has 3 rings (SSSR count). The molecular formula is C15H12O3S. The standard InChI is InChI=1S/C15H12O3S/c1-9-5-10(8-19-9)13-7-18-14-6-11(17-2)3-4-12(14)15(13)16/h3-8H,1-2H3. The van der Waals surface area contributed by atoms with Crippen LogP contribution in [0.4, 0.5) is 0 Å². The summed E-state index contributed by atoms with van der Waals surface area (Å²) in [4.78, 5) is 13.6. The van der Waals surface area contributed by atoms with Crippen molar-refractivity contribution in [3.8, 4) is 16.9 Å². The molecule has 19 heavy (non-hydrogen) atoms. The van der Waals surface area contributed by atoms with Crippen LogP contribution in [-0.2, 0) is 0 Å². The van der Waals surface area contributed by atoms with E-state index in [9.17, 15) is 4.79 Å². The molecule has 0 amide bonds. The molecule has 4 heteroatoms. The van der Waals surface area contributed by atoms with Gasteiger partial charge in [-0.3, -0.25) is 4.79 Å². The number of methoxy groups -OCH3 is 1. The van der Waals surface area contributed by atoms with Gasteiger partial charge in [0, 0.05) is 10.9 Å². The van der Waals surface area contributed by atoms with Crippen molar-refractivity contribution in [2.24, 2.45) is 0 Å². The predicted octanol–water partition coefficient (Wildman–Crippen LogP) is 3.84. The Balaban J connectivity index is 2.24. The molecule has 0 aliphatic rings. The van der Waals surface area contributed by atoms with Crippen LogP contribution in [0.5, 0.6) is 5.75 Å². The molecule has 0 saturated heterocycles. The summed E-state index contributed by atoms with van der Waals surface area (Å²) in [5.74, 6) is 0.676.